The first-order valence-electron chi connectivity index (χ1n) is 6.75. The molecule has 0 spiro atoms. The Labute approximate surface area is 117 Å². The lowest BCUT2D eigenvalue weighted by Gasteiger charge is -2.23. The zero-order chi connectivity index (χ0) is 14.5. The molecule has 110 valence electrons. The molecule has 4 N–H and O–H groups in total. The number of anilines is 2. The Bertz CT molecular complexity index is 481. The third-order valence-electron chi connectivity index (χ3n) is 3.59. The van der Waals surface area contributed by atoms with Crippen LogP contribution in [0.15, 0.2) is 12.1 Å². The summed E-state index contributed by atoms with van der Waals surface area (Å²) in [6.07, 6.45) is 2.33. The van der Waals surface area contributed by atoms with Crippen LogP contribution < -0.4 is 16.6 Å². The van der Waals surface area contributed by atoms with Crippen molar-refractivity contribution in [2.24, 2.45) is 5.84 Å². The van der Waals surface area contributed by atoms with Crippen molar-refractivity contribution in [2.45, 2.75) is 25.8 Å². The molecule has 1 atom stereocenters. The summed E-state index contributed by atoms with van der Waals surface area (Å²) in [4.78, 5) is 17.0. The molecule has 0 aromatic carbocycles. The van der Waals surface area contributed by atoms with Crippen LogP contribution in [0, 0.1) is 10.1 Å². The van der Waals surface area contributed by atoms with Crippen molar-refractivity contribution in [3.63, 3.8) is 0 Å². The van der Waals surface area contributed by atoms with Gasteiger partial charge in [-0.05, 0) is 25.9 Å². The lowest BCUT2D eigenvalue weighted by atomic mass is 10.2. The van der Waals surface area contributed by atoms with Gasteiger partial charge in [0.05, 0.1) is 17.1 Å². The average Bonchev–Trinajstić information content (AvgIpc) is 2.92. The molecular weight excluding hydrogens is 260 g/mol. The van der Waals surface area contributed by atoms with Crippen LogP contribution in [0.2, 0.25) is 0 Å². The van der Waals surface area contributed by atoms with Gasteiger partial charge in [0.2, 0.25) is 0 Å². The molecule has 0 saturated carbocycles. The van der Waals surface area contributed by atoms with Crippen molar-refractivity contribution >= 4 is 17.3 Å². The lowest BCUT2D eigenvalue weighted by Crippen LogP contribution is -2.34. The van der Waals surface area contributed by atoms with E-state index in [2.05, 4.69) is 27.6 Å². The van der Waals surface area contributed by atoms with E-state index in [0.717, 1.165) is 26.1 Å². The molecule has 8 heteroatoms. The molecular formula is C12H20N6O2. The van der Waals surface area contributed by atoms with Crippen molar-refractivity contribution in [3.8, 4) is 0 Å². The van der Waals surface area contributed by atoms with Gasteiger partial charge in [-0.25, -0.2) is 10.8 Å². The first-order chi connectivity index (χ1) is 9.63. The van der Waals surface area contributed by atoms with Crippen LogP contribution in [0.1, 0.15) is 19.8 Å². The van der Waals surface area contributed by atoms with Gasteiger partial charge in [0, 0.05) is 12.6 Å². The van der Waals surface area contributed by atoms with Crippen LogP contribution in [0.4, 0.5) is 17.3 Å². The van der Waals surface area contributed by atoms with Crippen LogP contribution in [-0.2, 0) is 0 Å². The smallest absolute Gasteiger partial charge is 0.276 e. The maximum Gasteiger partial charge on any atom is 0.276 e. The highest BCUT2D eigenvalue weighted by Gasteiger charge is 2.22. The molecule has 0 bridgehead atoms. The average molecular weight is 280 g/mol. The summed E-state index contributed by atoms with van der Waals surface area (Å²) in [6.45, 7) is 5.00. The third kappa shape index (κ3) is 3.34. The SMILES string of the molecule is CCN1CCCC1CNc1cc([N+](=O)[O-])cc(NN)n1. The molecule has 1 unspecified atom stereocenters. The predicted octanol–water partition coefficient (Wildman–Crippen LogP) is 1.17. The summed E-state index contributed by atoms with van der Waals surface area (Å²) in [5.74, 6) is 6.02. The monoisotopic (exact) mass is 280 g/mol. The van der Waals surface area contributed by atoms with Gasteiger partial charge < -0.3 is 10.7 Å². The summed E-state index contributed by atoms with van der Waals surface area (Å²) < 4.78 is 0. The molecule has 8 nitrogen and oxygen atoms in total. The highest BCUT2D eigenvalue weighted by atomic mass is 16.6. The Kier molecular flexibility index (Phi) is 4.70. The Morgan fingerprint density at radius 1 is 1.55 bits per heavy atom. The third-order valence-corrected chi connectivity index (χ3v) is 3.59. The minimum absolute atomic E-state index is 0.0331. The van der Waals surface area contributed by atoms with E-state index in [1.165, 1.54) is 18.6 Å². The van der Waals surface area contributed by atoms with E-state index >= 15 is 0 Å². The van der Waals surface area contributed by atoms with E-state index in [1.807, 2.05) is 0 Å². The largest absolute Gasteiger partial charge is 0.368 e. The van der Waals surface area contributed by atoms with Gasteiger partial charge in [-0.15, -0.1) is 0 Å². The molecule has 1 aromatic rings. The predicted molar refractivity (Wildman–Crippen MR) is 77.5 cm³/mol. The van der Waals surface area contributed by atoms with Crippen molar-refractivity contribution in [2.75, 3.05) is 30.4 Å². The van der Waals surface area contributed by atoms with Crippen molar-refractivity contribution < 1.29 is 4.92 Å². The van der Waals surface area contributed by atoms with Crippen molar-refractivity contribution in [1.29, 1.82) is 0 Å². The van der Waals surface area contributed by atoms with Crippen molar-refractivity contribution in [3.05, 3.63) is 22.2 Å². The van der Waals surface area contributed by atoms with Crippen LogP contribution in [0.25, 0.3) is 0 Å². The quantitative estimate of drug-likeness (QED) is 0.407. The molecule has 0 radical (unpaired) electrons. The Morgan fingerprint density at radius 2 is 2.30 bits per heavy atom. The normalized spacial score (nSPS) is 19.0. The van der Waals surface area contributed by atoms with Gasteiger partial charge in [0.1, 0.15) is 11.6 Å². The lowest BCUT2D eigenvalue weighted by molar-refractivity contribution is -0.384. The summed E-state index contributed by atoms with van der Waals surface area (Å²) in [6, 6.07) is 3.18. The van der Waals surface area contributed by atoms with Gasteiger partial charge in [-0.1, -0.05) is 6.92 Å². The number of nitrogen functional groups attached to an aromatic ring is 1. The summed E-state index contributed by atoms with van der Waals surface area (Å²) in [5.41, 5.74) is 2.31. The number of likely N-dealkylation sites (tertiary alicyclic amines) is 1. The minimum Gasteiger partial charge on any atom is -0.368 e. The summed E-state index contributed by atoms with van der Waals surface area (Å²) in [7, 11) is 0. The fourth-order valence-electron chi connectivity index (χ4n) is 2.55. The van der Waals surface area contributed by atoms with Crippen LogP contribution in [-0.4, -0.2) is 40.5 Å². The molecule has 20 heavy (non-hydrogen) atoms. The molecule has 1 fully saturated rings. The molecule has 1 saturated heterocycles. The maximum atomic E-state index is 10.9. The Morgan fingerprint density at radius 3 is 2.95 bits per heavy atom. The number of aromatic nitrogens is 1. The number of nitrogens with zero attached hydrogens (tertiary/aromatic N) is 3. The first kappa shape index (κ1) is 14.5. The number of rotatable bonds is 6. The molecule has 1 aliphatic rings. The summed E-state index contributed by atoms with van der Waals surface area (Å²) in [5, 5.41) is 14.0. The number of nitro groups is 1. The second-order valence-electron chi connectivity index (χ2n) is 4.80. The number of hydrazine groups is 1. The fraction of sp³-hybridized carbons (Fsp3) is 0.583. The van der Waals surface area contributed by atoms with E-state index in [0.29, 0.717) is 11.9 Å². The zero-order valence-electron chi connectivity index (χ0n) is 11.5. The number of nitrogens with two attached hydrogens (primary N) is 1. The second-order valence-corrected chi connectivity index (χ2v) is 4.80. The topological polar surface area (TPSA) is 109 Å². The Hall–Kier alpha value is -1.93. The molecule has 2 heterocycles. The minimum atomic E-state index is -0.457. The highest BCUT2D eigenvalue weighted by Crippen LogP contribution is 2.21. The number of pyridine rings is 1. The second kappa shape index (κ2) is 6.49. The molecule has 0 aliphatic carbocycles. The van der Waals surface area contributed by atoms with E-state index in [4.69, 9.17) is 5.84 Å². The number of likely N-dealkylation sites (N-methyl/N-ethyl adjacent to an activating group) is 1. The van der Waals surface area contributed by atoms with Gasteiger partial charge in [-0.3, -0.25) is 15.0 Å². The molecule has 2 rings (SSSR count). The Balaban J connectivity index is 2.05. The molecule has 1 aliphatic heterocycles. The van der Waals surface area contributed by atoms with E-state index in [9.17, 15) is 10.1 Å². The van der Waals surface area contributed by atoms with E-state index in [-0.39, 0.29) is 11.5 Å². The van der Waals surface area contributed by atoms with Crippen LogP contribution in [0.5, 0.6) is 0 Å². The number of hydrogen-bond donors (Lipinski definition) is 3. The standard InChI is InChI=1S/C12H20N6O2/c1-2-17-5-3-4-9(17)8-14-11-6-10(18(19)20)7-12(15-11)16-13/h6-7,9H,2-5,8,13H2,1H3,(H2,14,15,16). The van der Waals surface area contributed by atoms with Gasteiger partial charge in [-0.2, -0.15) is 0 Å². The summed E-state index contributed by atoms with van der Waals surface area (Å²) >= 11 is 0. The fourth-order valence-corrected chi connectivity index (χ4v) is 2.55. The highest BCUT2D eigenvalue weighted by molar-refractivity contribution is 5.54. The van der Waals surface area contributed by atoms with Crippen molar-refractivity contribution in [1.82, 2.24) is 9.88 Å². The first-order valence-corrected chi connectivity index (χ1v) is 6.75. The van der Waals surface area contributed by atoms with Gasteiger partial charge in [0.25, 0.3) is 5.69 Å². The number of hydrogen-bond acceptors (Lipinski definition) is 7. The van der Waals surface area contributed by atoms with Crippen LogP contribution in [0.3, 0.4) is 0 Å². The van der Waals surface area contributed by atoms with E-state index < -0.39 is 4.92 Å². The molecule has 0 amide bonds. The number of nitrogens with one attached hydrogen (secondary N) is 2. The van der Waals surface area contributed by atoms with E-state index in [1.54, 1.807) is 0 Å². The zero-order valence-corrected chi connectivity index (χ0v) is 11.5. The maximum absolute atomic E-state index is 10.9. The van der Waals surface area contributed by atoms with Gasteiger partial charge >= 0.3 is 0 Å². The van der Waals surface area contributed by atoms with Crippen LogP contribution >= 0.6 is 0 Å². The molecule has 1 aromatic heterocycles. The van der Waals surface area contributed by atoms with Gasteiger partial charge in [0.15, 0.2) is 0 Å².